The van der Waals surface area contributed by atoms with Gasteiger partial charge >= 0.3 is 0 Å². The van der Waals surface area contributed by atoms with Crippen molar-refractivity contribution in [3.8, 4) is 11.6 Å². The van der Waals surface area contributed by atoms with Gasteiger partial charge in [0.05, 0.1) is 6.26 Å². The molecule has 0 spiro atoms. The Morgan fingerprint density at radius 1 is 1.53 bits per heavy atom. The Kier molecular flexibility index (Phi) is 2.48. The predicted octanol–water partition coefficient (Wildman–Crippen LogP) is 1.92. The van der Waals surface area contributed by atoms with Gasteiger partial charge < -0.3 is 14.7 Å². The van der Waals surface area contributed by atoms with Crippen molar-refractivity contribution in [1.29, 1.82) is 0 Å². The van der Waals surface area contributed by atoms with Crippen molar-refractivity contribution in [3.05, 3.63) is 23.8 Å². The normalized spacial score (nSPS) is 17.3. The monoisotopic (exact) mass is 233 g/mol. The highest BCUT2D eigenvalue weighted by Crippen LogP contribution is 2.33. The van der Waals surface area contributed by atoms with E-state index in [0.717, 1.165) is 5.56 Å². The maximum atomic E-state index is 6.02. The minimum Gasteiger partial charge on any atom is -0.461 e. The van der Waals surface area contributed by atoms with Crippen LogP contribution >= 0.6 is 0 Å². The molecule has 0 saturated heterocycles. The molecule has 0 aromatic carbocycles. The summed E-state index contributed by atoms with van der Waals surface area (Å²) in [5.74, 6) is 2.40. The molecular formula is C12H15N3O2. The summed E-state index contributed by atoms with van der Waals surface area (Å²) >= 11 is 0. The van der Waals surface area contributed by atoms with Crippen LogP contribution in [-0.2, 0) is 6.42 Å². The molecule has 1 fully saturated rings. The zero-order chi connectivity index (χ0) is 11.8. The van der Waals surface area contributed by atoms with Gasteiger partial charge in [-0.2, -0.15) is 4.98 Å². The number of furan rings is 1. The highest BCUT2D eigenvalue weighted by atomic mass is 16.5. The summed E-state index contributed by atoms with van der Waals surface area (Å²) in [6.07, 6.45) is 4.72. The fourth-order valence-corrected chi connectivity index (χ4v) is 1.92. The van der Waals surface area contributed by atoms with Crippen molar-refractivity contribution in [2.45, 2.75) is 32.2 Å². The molecule has 90 valence electrons. The van der Waals surface area contributed by atoms with E-state index in [2.05, 4.69) is 10.1 Å². The van der Waals surface area contributed by atoms with Gasteiger partial charge in [-0.25, -0.2) is 0 Å². The van der Waals surface area contributed by atoms with Gasteiger partial charge in [-0.3, -0.25) is 0 Å². The highest BCUT2D eigenvalue weighted by molar-refractivity contribution is 5.50. The fourth-order valence-electron chi connectivity index (χ4n) is 1.92. The van der Waals surface area contributed by atoms with E-state index >= 15 is 0 Å². The van der Waals surface area contributed by atoms with Gasteiger partial charge in [0.1, 0.15) is 0 Å². The van der Waals surface area contributed by atoms with E-state index in [4.69, 9.17) is 14.7 Å². The zero-order valence-corrected chi connectivity index (χ0v) is 9.72. The van der Waals surface area contributed by atoms with Crippen LogP contribution in [0.5, 0.6) is 0 Å². The summed E-state index contributed by atoms with van der Waals surface area (Å²) in [6.45, 7) is 1.95. The molecule has 5 heteroatoms. The third-order valence-corrected chi connectivity index (χ3v) is 3.17. The molecule has 1 saturated carbocycles. The topological polar surface area (TPSA) is 78.1 Å². The number of hydrogen-bond acceptors (Lipinski definition) is 5. The smallest absolute Gasteiger partial charge is 0.238 e. The second-order valence-corrected chi connectivity index (χ2v) is 4.65. The minimum atomic E-state index is 0.140. The molecule has 1 atom stereocenters. The fraction of sp³-hybridized carbons (Fsp3) is 0.500. The van der Waals surface area contributed by atoms with E-state index in [-0.39, 0.29) is 6.04 Å². The van der Waals surface area contributed by atoms with Crippen LogP contribution in [0.2, 0.25) is 0 Å². The van der Waals surface area contributed by atoms with Gasteiger partial charge in [0, 0.05) is 12.5 Å². The summed E-state index contributed by atoms with van der Waals surface area (Å²) < 4.78 is 10.5. The zero-order valence-electron chi connectivity index (χ0n) is 9.72. The van der Waals surface area contributed by atoms with Gasteiger partial charge in [0.2, 0.25) is 11.7 Å². The van der Waals surface area contributed by atoms with Crippen LogP contribution in [-0.4, -0.2) is 16.2 Å². The molecule has 0 aliphatic heterocycles. The van der Waals surface area contributed by atoms with Crippen molar-refractivity contribution >= 4 is 0 Å². The molecule has 1 aliphatic carbocycles. The standard InChI is InChI=1S/C12H15N3O2/c1-7-4-5-16-11(7)12-14-10(17-15-12)6-9(13)8-2-3-8/h4-5,8-9H,2-3,6,13H2,1H3. The molecule has 1 unspecified atom stereocenters. The summed E-state index contributed by atoms with van der Waals surface area (Å²) in [5.41, 5.74) is 7.02. The Labute approximate surface area is 99.0 Å². The van der Waals surface area contributed by atoms with E-state index in [1.807, 2.05) is 13.0 Å². The van der Waals surface area contributed by atoms with Crippen molar-refractivity contribution in [2.75, 3.05) is 0 Å². The summed E-state index contributed by atoms with van der Waals surface area (Å²) in [7, 11) is 0. The first-order valence-corrected chi connectivity index (χ1v) is 5.86. The first kappa shape index (κ1) is 10.5. The summed E-state index contributed by atoms with van der Waals surface area (Å²) in [5, 5.41) is 3.92. The van der Waals surface area contributed by atoms with Gasteiger partial charge in [0.15, 0.2) is 5.76 Å². The molecule has 2 aromatic heterocycles. The number of nitrogens with zero attached hydrogens (tertiary/aromatic N) is 2. The van der Waals surface area contributed by atoms with E-state index in [0.29, 0.717) is 29.8 Å². The Hall–Kier alpha value is -1.62. The van der Waals surface area contributed by atoms with Gasteiger partial charge in [-0.1, -0.05) is 5.16 Å². The van der Waals surface area contributed by atoms with Crippen molar-refractivity contribution in [3.63, 3.8) is 0 Å². The van der Waals surface area contributed by atoms with Crippen molar-refractivity contribution in [2.24, 2.45) is 11.7 Å². The number of aromatic nitrogens is 2. The number of rotatable bonds is 4. The SMILES string of the molecule is Cc1ccoc1-c1noc(CC(N)C2CC2)n1. The molecule has 2 heterocycles. The maximum Gasteiger partial charge on any atom is 0.238 e. The predicted molar refractivity (Wildman–Crippen MR) is 61.1 cm³/mol. The van der Waals surface area contributed by atoms with Gasteiger partial charge in [-0.05, 0) is 37.3 Å². The average Bonchev–Trinajstić information content (AvgIpc) is 2.93. The van der Waals surface area contributed by atoms with Gasteiger partial charge in [-0.15, -0.1) is 0 Å². The molecule has 1 aliphatic rings. The second kappa shape index (κ2) is 4.00. The van der Waals surface area contributed by atoms with Crippen LogP contribution in [0.25, 0.3) is 11.6 Å². The second-order valence-electron chi connectivity index (χ2n) is 4.65. The van der Waals surface area contributed by atoms with E-state index in [9.17, 15) is 0 Å². The summed E-state index contributed by atoms with van der Waals surface area (Å²) in [4.78, 5) is 4.31. The lowest BCUT2D eigenvalue weighted by molar-refractivity contribution is 0.363. The van der Waals surface area contributed by atoms with Crippen LogP contribution in [0.4, 0.5) is 0 Å². The first-order chi connectivity index (χ1) is 8.24. The molecule has 17 heavy (non-hydrogen) atoms. The van der Waals surface area contributed by atoms with Gasteiger partial charge in [0.25, 0.3) is 0 Å². The summed E-state index contributed by atoms with van der Waals surface area (Å²) in [6, 6.07) is 2.02. The van der Waals surface area contributed by atoms with Crippen molar-refractivity contribution < 1.29 is 8.94 Å². The molecule has 0 amide bonds. The molecule has 2 N–H and O–H groups in total. The molecular weight excluding hydrogens is 218 g/mol. The maximum absolute atomic E-state index is 6.02. The lowest BCUT2D eigenvalue weighted by atomic mass is 10.1. The number of nitrogens with two attached hydrogens (primary N) is 1. The van der Waals surface area contributed by atoms with Crippen LogP contribution in [0.3, 0.4) is 0 Å². The van der Waals surface area contributed by atoms with E-state index in [1.54, 1.807) is 6.26 Å². The van der Waals surface area contributed by atoms with Crippen LogP contribution in [0.15, 0.2) is 21.3 Å². The largest absolute Gasteiger partial charge is 0.461 e. The molecule has 0 bridgehead atoms. The number of hydrogen-bond donors (Lipinski definition) is 1. The third-order valence-electron chi connectivity index (χ3n) is 3.17. The Morgan fingerprint density at radius 3 is 3.00 bits per heavy atom. The van der Waals surface area contributed by atoms with Crippen molar-refractivity contribution in [1.82, 2.24) is 10.1 Å². The van der Waals surface area contributed by atoms with E-state index in [1.165, 1.54) is 12.8 Å². The Balaban J connectivity index is 1.76. The minimum absolute atomic E-state index is 0.140. The molecule has 5 nitrogen and oxygen atoms in total. The lowest BCUT2D eigenvalue weighted by Gasteiger charge is -2.04. The van der Waals surface area contributed by atoms with E-state index < -0.39 is 0 Å². The Bertz CT molecular complexity index is 513. The van der Waals surface area contributed by atoms with Crippen LogP contribution < -0.4 is 5.73 Å². The average molecular weight is 233 g/mol. The Morgan fingerprint density at radius 2 is 2.35 bits per heavy atom. The molecule has 0 radical (unpaired) electrons. The lowest BCUT2D eigenvalue weighted by Crippen LogP contribution is -2.25. The van der Waals surface area contributed by atoms with Crippen LogP contribution in [0.1, 0.15) is 24.3 Å². The highest BCUT2D eigenvalue weighted by Gasteiger charge is 2.30. The third kappa shape index (κ3) is 2.10. The first-order valence-electron chi connectivity index (χ1n) is 5.86. The number of aryl methyl sites for hydroxylation is 1. The molecule has 2 aromatic rings. The van der Waals surface area contributed by atoms with Crippen LogP contribution in [0, 0.1) is 12.8 Å². The molecule has 3 rings (SSSR count). The quantitative estimate of drug-likeness (QED) is 0.872.